The highest BCUT2D eigenvalue weighted by Crippen LogP contribution is 2.36. The number of nitrogens with one attached hydrogen (secondary N) is 1. The van der Waals surface area contributed by atoms with E-state index in [0.717, 1.165) is 55.7 Å². The van der Waals surface area contributed by atoms with E-state index in [2.05, 4.69) is 14.9 Å². The van der Waals surface area contributed by atoms with Gasteiger partial charge in [-0.1, -0.05) is 0 Å². The first-order valence-electron chi connectivity index (χ1n) is 8.89. The average Bonchev–Trinajstić information content (AvgIpc) is 2.99. The number of pyridine rings is 1. The molecule has 1 N–H and O–H groups in total. The van der Waals surface area contributed by atoms with E-state index in [1.165, 1.54) is 6.07 Å². The second-order valence-corrected chi connectivity index (χ2v) is 6.91. The summed E-state index contributed by atoms with van der Waals surface area (Å²) in [4.78, 5) is 25.8. The zero-order chi connectivity index (χ0) is 16.8. The number of anilines is 1. The van der Waals surface area contributed by atoms with Crippen LogP contribution < -0.4 is 15.2 Å². The van der Waals surface area contributed by atoms with Crippen molar-refractivity contribution in [1.29, 1.82) is 0 Å². The van der Waals surface area contributed by atoms with Crippen LogP contribution in [0, 0.1) is 0 Å². The number of aromatic amines is 1. The molecule has 5 heterocycles. The largest absolute Gasteiger partial charge is 0.477 e. The highest BCUT2D eigenvalue weighted by molar-refractivity contribution is 5.62. The quantitative estimate of drug-likeness (QED) is 0.893. The van der Waals surface area contributed by atoms with E-state index < -0.39 is 0 Å². The molecule has 3 aliphatic rings. The standard InChI is InChI=1S/C18H20N4O3/c23-15-6-3-11(8-19-15)16-20-17(14-2-1-7-24-18(14)21-16)22-9-12-4-5-13(10-22)25-12/h3,6,8,12-13H,1-2,4-5,7,9-10H2,(H,19,23). The first-order valence-corrected chi connectivity index (χ1v) is 8.89. The Hall–Kier alpha value is -2.41. The van der Waals surface area contributed by atoms with Gasteiger partial charge in [-0.3, -0.25) is 4.79 Å². The van der Waals surface area contributed by atoms with Crippen LogP contribution in [0.1, 0.15) is 24.8 Å². The van der Waals surface area contributed by atoms with E-state index in [1.807, 2.05) is 0 Å². The summed E-state index contributed by atoms with van der Waals surface area (Å²) in [5.41, 5.74) is 1.75. The molecule has 7 nitrogen and oxygen atoms in total. The smallest absolute Gasteiger partial charge is 0.247 e. The molecule has 0 aliphatic carbocycles. The molecule has 2 aromatic rings. The van der Waals surface area contributed by atoms with Gasteiger partial charge in [-0.2, -0.15) is 4.98 Å². The number of hydrogen-bond acceptors (Lipinski definition) is 6. The van der Waals surface area contributed by atoms with Gasteiger partial charge in [-0.05, 0) is 31.7 Å². The molecular weight excluding hydrogens is 320 g/mol. The predicted molar refractivity (Wildman–Crippen MR) is 92.0 cm³/mol. The van der Waals surface area contributed by atoms with Crippen molar-refractivity contribution in [3.8, 4) is 17.3 Å². The van der Waals surface area contributed by atoms with Gasteiger partial charge in [-0.15, -0.1) is 0 Å². The molecule has 2 atom stereocenters. The van der Waals surface area contributed by atoms with Gasteiger partial charge in [-0.25, -0.2) is 4.98 Å². The molecule has 2 bridgehead atoms. The van der Waals surface area contributed by atoms with Crippen LogP contribution in [0.5, 0.6) is 5.88 Å². The second kappa shape index (κ2) is 5.84. The summed E-state index contributed by atoms with van der Waals surface area (Å²) in [6.45, 7) is 2.42. The number of hydrogen-bond donors (Lipinski definition) is 1. The predicted octanol–water partition coefficient (Wildman–Crippen LogP) is 1.52. The van der Waals surface area contributed by atoms with E-state index in [-0.39, 0.29) is 5.56 Å². The lowest BCUT2D eigenvalue weighted by Crippen LogP contribution is -2.43. The number of morpholine rings is 1. The van der Waals surface area contributed by atoms with Crippen LogP contribution >= 0.6 is 0 Å². The zero-order valence-electron chi connectivity index (χ0n) is 13.9. The molecule has 0 saturated carbocycles. The molecule has 2 fully saturated rings. The highest BCUT2D eigenvalue weighted by Gasteiger charge is 2.36. The van der Waals surface area contributed by atoms with Crippen LogP contribution in [-0.2, 0) is 11.2 Å². The van der Waals surface area contributed by atoms with Crippen LogP contribution in [0.15, 0.2) is 23.1 Å². The maximum Gasteiger partial charge on any atom is 0.247 e. The minimum atomic E-state index is -0.136. The summed E-state index contributed by atoms with van der Waals surface area (Å²) in [7, 11) is 0. The van der Waals surface area contributed by atoms with Gasteiger partial charge in [0.15, 0.2) is 5.82 Å². The fourth-order valence-electron chi connectivity index (χ4n) is 3.94. The van der Waals surface area contributed by atoms with Gasteiger partial charge in [0.25, 0.3) is 0 Å². The Morgan fingerprint density at radius 1 is 1.16 bits per heavy atom. The van der Waals surface area contributed by atoms with Gasteiger partial charge < -0.3 is 19.4 Å². The van der Waals surface area contributed by atoms with Gasteiger partial charge in [0.1, 0.15) is 5.82 Å². The molecule has 0 radical (unpaired) electrons. The average molecular weight is 340 g/mol. The van der Waals surface area contributed by atoms with Crippen molar-refractivity contribution >= 4 is 5.82 Å². The van der Waals surface area contributed by atoms with Gasteiger partial charge in [0.2, 0.25) is 11.4 Å². The molecule has 0 spiro atoms. The van der Waals surface area contributed by atoms with E-state index in [1.54, 1.807) is 12.3 Å². The van der Waals surface area contributed by atoms with Gasteiger partial charge in [0.05, 0.1) is 24.4 Å². The van der Waals surface area contributed by atoms with Gasteiger partial charge >= 0.3 is 0 Å². The molecule has 3 aliphatic heterocycles. The Bertz CT molecular complexity index is 833. The Morgan fingerprint density at radius 3 is 2.76 bits per heavy atom. The Kier molecular flexibility index (Phi) is 3.48. The lowest BCUT2D eigenvalue weighted by atomic mass is 10.1. The third-order valence-electron chi connectivity index (χ3n) is 5.14. The molecular formula is C18H20N4O3. The number of rotatable bonds is 2. The van der Waals surface area contributed by atoms with Crippen molar-refractivity contribution in [2.75, 3.05) is 24.6 Å². The van der Waals surface area contributed by atoms with Gasteiger partial charge in [0, 0.05) is 30.9 Å². The summed E-state index contributed by atoms with van der Waals surface area (Å²) in [6.07, 6.45) is 6.41. The molecule has 0 amide bonds. The number of H-pyrrole nitrogens is 1. The minimum absolute atomic E-state index is 0.136. The molecule has 2 unspecified atom stereocenters. The molecule has 25 heavy (non-hydrogen) atoms. The fourth-order valence-corrected chi connectivity index (χ4v) is 3.94. The van der Waals surface area contributed by atoms with E-state index in [0.29, 0.717) is 30.5 Å². The van der Waals surface area contributed by atoms with Crippen molar-refractivity contribution in [1.82, 2.24) is 15.0 Å². The lowest BCUT2D eigenvalue weighted by Gasteiger charge is -2.35. The van der Waals surface area contributed by atoms with Crippen LogP contribution in [-0.4, -0.2) is 46.9 Å². The summed E-state index contributed by atoms with van der Waals surface area (Å²) in [6, 6.07) is 3.24. The first-order chi connectivity index (χ1) is 12.3. The van der Waals surface area contributed by atoms with E-state index in [9.17, 15) is 4.79 Å². The lowest BCUT2D eigenvalue weighted by molar-refractivity contribution is 0.0301. The third kappa shape index (κ3) is 2.68. The maximum atomic E-state index is 11.3. The summed E-state index contributed by atoms with van der Waals surface area (Å²) in [5.74, 6) is 2.23. The first kappa shape index (κ1) is 14.9. The summed E-state index contributed by atoms with van der Waals surface area (Å²) < 4.78 is 11.8. The van der Waals surface area contributed by atoms with Crippen molar-refractivity contribution in [3.05, 3.63) is 34.2 Å². The Morgan fingerprint density at radius 2 is 2.00 bits per heavy atom. The summed E-state index contributed by atoms with van der Waals surface area (Å²) in [5, 5.41) is 0. The van der Waals surface area contributed by atoms with Crippen molar-refractivity contribution in [2.24, 2.45) is 0 Å². The fraction of sp³-hybridized carbons (Fsp3) is 0.500. The van der Waals surface area contributed by atoms with Crippen molar-refractivity contribution in [3.63, 3.8) is 0 Å². The number of nitrogens with zero attached hydrogens (tertiary/aromatic N) is 3. The molecule has 2 aromatic heterocycles. The molecule has 0 aromatic carbocycles. The molecule has 7 heteroatoms. The monoisotopic (exact) mass is 340 g/mol. The SMILES string of the molecule is O=c1ccc(-c2nc3c(c(N4CC5CCC(C4)O5)n2)CCCO3)c[nH]1. The molecule has 2 saturated heterocycles. The Labute approximate surface area is 145 Å². The second-order valence-electron chi connectivity index (χ2n) is 6.91. The number of aromatic nitrogens is 3. The highest BCUT2D eigenvalue weighted by atomic mass is 16.5. The minimum Gasteiger partial charge on any atom is -0.477 e. The maximum absolute atomic E-state index is 11.3. The van der Waals surface area contributed by atoms with Crippen LogP contribution in [0.2, 0.25) is 0 Å². The van der Waals surface area contributed by atoms with Crippen molar-refractivity contribution < 1.29 is 9.47 Å². The topological polar surface area (TPSA) is 80.3 Å². The van der Waals surface area contributed by atoms with E-state index in [4.69, 9.17) is 14.5 Å². The van der Waals surface area contributed by atoms with Crippen LogP contribution in [0.3, 0.4) is 0 Å². The van der Waals surface area contributed by atoms with Crippen LogP contribution in [0.4, 0.5) is 5.82 Å². The number of fused-ring (bicyclic) bond motifs is 3. The van der Waals surface area contributed by atoms with E-state index >= 15 is 0 Å². The third-order valence-corrected chi connectivity index (χ3v) is 5.14. The Balaban J connectivity index is 1.59. The zero-order valence-corrected chi connectivity index (χ0v) is 13.9. The molecule has 130 valence electrons. The summed E-state index contributed by atoms with van der Waals surface area (Å²) >= 11 is 0. The van der Waals surface area contributed by atoms with Crippen molar-refractivity contribution in [2.45, 2.75) is 37.9 Å². The van der Waals surface area contributed by atoms with Crippen LogP contribution in [0.25, 0.3) is 11.4 Å². The number of ether oxygens (including phenoxy) is 2. The normalized spacial score (nSPS) is 24.7. The molecule has 5 rings (SSSR count).